The van der Waals surface area contributed by atoms with E-state index in [-0.39, 0.29) is 0 Å². The maximum absolute atomic E-state index is 5.29. The largest absolute Gasteiger partial charge is 0.308 e. The van der Waals surface area contributed by atoms with Crippen molar-refractivity contribution in [3.05, 3.63) is 188 Å². The van der Waals surface area contributed by atoms with Gasteiger partial charge in [-0.25, -0.2) is 4.98 Å². The van der Waals surface area contributed by atoms with E-state index in [9.17, 15) is 0 Å². The van der Waals surface area contributed by atoms with E-state index in [1.165, 1.54) is 76.7 Å². The molecule has 0 atom stereocenters. The van der Waals surface area contributed by atoms with Crippen LogP contribution in [0, 0.1) is 0 Å². The smallest absolute Gasteiger partial charge is 0.0979 e. The third-order valence-electron chi connectivity index (χ3n) is 11.5. The maximum Gasteiger partial charge on any atom is 0.0979 e. The van der Waals surface area contributed by atoms with Crippen molar-refractivity contribution in [1.82, 2.24) is 14.4 Å². The van der Waals surface area contributed by atoms with E-state index in [0.717, 1.165) is 38.6 Å². The molecule has 0 aliphatic heterocycles. The second kappa shape index (κ2) is 11.6. The summed E-state index contributed by atoms with van der Waals surface area (Å²) < 4.78 is 2.47. The molecule has 0 saturated heterocycles. The molecule has 55 heavy (non-hydrogen) atoms. The van der Waals surface area contributed by atoms with Crippen LogP contribution in [0.4, 0.5) is 0 Å². The topological polar surface area (TPSA) is 30.2 Å². The molecule has 0 aliphatic carbocycles. The lowest BCUT2D eigenvalue weighted by Gasteiger charge is -2.11. The summed E-state index contributed by atoms with van der Waals surface area (Å²) in [6.07, 6.45) is 1.93. The molecule has 0 bridgehead atoms. The molecule has 0 aliphatic rings. The molecule has 0 N–H and O–H groups in total. The Morgan fingerprint density at radius 3 is 1.42 bits per heavy atom. The van der Waals surface area contributed by atoms with Crippen molar-refractivity contribution in [2.45, 2.75) is 0 Å². The predicted molar refractivity (Wildman–Crippen MR) is 231 cm³/mol. The Kier molecular flexibility index (Phi) is 6.34. The van der Waals surface area contributed by atoms with Crippen molar-refractivity contribution in [3.8, 4) is 44.6 Å². The number of hydrogen-bond acceptors (Lipinski definition) is 2. The molecule has 0 saturated carbocycles. The van der Waals surface area contributed by atoms with Crippen LogP contribution >= 0.6 is 0 Å². The molecule has 12 aromatic rings. The molecule has 12 rings (SSSR count). The molecule has 3 heterocycles. The Hall–Kier alpha value is -7.36. The zero-order valence-corrected chi connectivity index (χ0v) is 29.7. The minimum atomic E-state index is 0.866. The van der Waals surface area contributed by atoms with Gasteiger partial charge < -0.3 is 4.40 Å². The first-order valence-electron chi connectivity index (χ1n) is 18.8. The summed E-state index contributed by atoms with van der Waals surface area (Å²) in [6.45, 7) is 0. The average molecular weight is 698 g/mol. The van der Waals surface area contributed by atoms with E-state index >= 15 is 0 Å². The molecular weight excluding hydrogens is 667 g/mol. The quantitative estimate of drug-likeness (QED) is 0.171. The Labute approximate surface area is 316 Å². The van der Waals surface area contributed by atoms with Gasteiger partial charge in [-0.1, -0.05) is 140 Å². The van der Waals surface area contributed by atoms with Crippen LogP contribution in [-0.2, 0) is 0 Å². The highest BCUT2D eigenvalue weighted by atomic mass is 14.9. The minimum Gasteiger partial charge on any atom is -0.308 e. The fraction of sp³-hybridized carbons (Fsp3) is 0. The average Bonchev–Trinajstić information content (AvgIpc) is 3.78. The molecule has 0 unspecified atom stereocenters. The van der Waals surface area contributed by atoms with Crippen molar-refractivity contribution in [2.24, 2.45) is 0 Å². The Morgan fingerprint density at radius 2 is 0.782 bits per heavy atom. The first-order valence-corrected chi connectivity index (χ1v) is 18.8. The zero-order chi connectivity index (χ0) is 36.0. The molecule has 9 aromatic carbocycles. The molecule has 3 nitrogen and oxygen atoms in total. The van der Waals surface area contributed by atoms with Gasteiger partial charge in [-0.2, -0.15) is 0 Å². The van der Waals surface area contributed by atoms with Crippen molar-refractivity contribution in [3.63, 3.8) is 0 Å². The van der Waals surface area contributed by atoms with E-state index in [0.29, 0.717) is 0 Å². The number of fused-ring (bicyclic) bond motifs is 12. The van der Waals surface area contributed by atoms with Gasteiger partial charge in [0, 0.05) is 37.9 Å². The summed E-state index contributed by atoms with van der Waals surface area (Å²) in [4.78, 5) is 10.3. The van der Waals surface area contributed by atoms with Crippen LogP contribution in [0.5, 0.6) is 0 Å². The van der Waals surface area contributed by atoms with Gasteiger partial charge in [0.15, 0.2) is 0 Å². The first-order chi connectivity index (χ1) is 27.3. The maximum atomic E-state index is 5.29. The SMILES string of the molecule is c1ccc(-c2ccc3c(c2)c2cc(-c4ccccc4)cc4c5cc(-c6cccc(-c7cnc8c9ccccc9c9ccccc9c8n7)c6)ccc5n3c24)cc1. The van der Waals surface area contributed by atoms with E-state index in [1.54, 1.807) is 0 Å². The van der Waals surface area contributed by atoms with E-state index in [2.05, 4.69) is 186 Å². The molecule has 0 amide bonds. The second-order valence-electron chi connectivity index (χ2n) is 14.6. The van der Waals surface area contributed by atoms with Crippen LogP contribution in [0.15, 0.2) is 188 Å². The van der Waals surface area contributed by atoms with Crippen LogP contribution < -0.4 is 0 Å². The van der Waals surface area contributed by atoms with Crippen molar-refractivity contribution in [1.29, 1.82) is 0 Å². The third kappa shape index (κ3) is 4.50. The Morgan fingerprint density at radius 1 is 0.309 bits per heavy atom. The number of aromatic nitrogens is 3. The number of nitrogens with zero attached hydrogens (tertiary/aromatic N) is 3. The third-order valence-corrected chi connectivity index (χ3v) is 11.5. The van der Waals surface area contributed by atoms with Gasteiger partial charge in [0.25, 0.3) is 0 Å². The summed E-state index contributed by atoms with van der Waals surface area (Å²) in [5, 5.41) is 9.72. The second-order valence-corrected chi connectivity index (χ2v) is 14.6. The summed E-state index contributed by atoms with van der Waals surface area (Å²) in [5.74, 6) is 0. The number of benzene rings is 9. The van der Waals surface area contributed by atoms with Gasteiger partial charge >= 0.3 is 0 Å². The van der Waals surface area contributed by atoms with Crippen molar-refractivity contribution in [2.75, 3.05) is 0 Å². The normalized spacial score (nSPS) is 12.0. The lowest BCUT2D eigenvalue weighted by molar-refractivity contribution is 1.31. The lowest BCUT2D eigenvalue weighted by Crippen LogP contribution is -1.92. The van der Waals surface area contributed by atoms with Gasteiger partial charge in [-0.15, -0.1) is 0 Å². The highest BCUT2D eigenvalue weighted by Crippen LogP contribution is 2.44. The van der Waals surface area contributed by atoms with Crippen LogP contribution in [-0.4, -0.2) is 14.4 Å². The monoisotopic (exact) mass is 697 g/mol. The fourth-order valence-electron chi connectivity index (χ4n) is 8.96. The highest BCUT2D eigenvalue weighted by Gasteiger charge is 2.20. The first kappa shape index (κ1) is 30.1. The van der Waals surface area contributed by atoms with E-state index < -0.39 is 0 Å². The predicted octanol–water partition coefficient (Wildman–Crippen LogP) is 13.8. The van der Waals surface area contributed by atoms with Gasteiger partial charge in [0.1, 0.15) is 0 Å². The van der Waals surface area contributed by atoms with Gasteiger partial charge in [0.2, 0.25) is 0 Å². The van der Waals surface area contributed by atoms with Crippen LogP contribution in [0.3, 0.4) is 0 Å². The molecule has 0 radical (unpaired) electrons. The van der Waals surface area contributed by atoms with Crippen LogP contribution in [0.2, 0.25) is 0 Å². The minimum absolute atomic E-state index is 0.866. The van der Waals surface area contributed by atoms with Crippen molar-refractivity contribution < 1.29 is 0 Å². The molecule has 0 fully saturated rings. The molecule has 0 spiro atoms. The Bertz CT molecular complexity index is 3440. The summed E-state index contributed by atoms with van der Waals surface area (Å²) in [5.41, 5.74) is 14.7. The molecular formula is C52H31N3. The zero-order valence-electron chi connectivity index (χ0n) is 29.7. The van der Waals surface area contributed by atoms with Gasteiger partial charge in [0.05, 0.1) is 39.5 Å². The lowest BCUT2D eigenvalue weighted by atomic mass is 9.96. The summed E-state index contributed by atoms with van der Waals surface area (Å²) >= 11 is 0. The van der Waals surface area contributed by atoms with Crippen LogP contribution in [0.25, 0.3) is 115 Å². The molecule has 254 valence electrons. The molecule has 3 heteroatoms. The van der Waals surface area contributed by atoms with Gasteiger partial charge in [-0.05, 0) is 86.6 Å². The van der Waals surface area contributed by atoms with E-state index in [1.807, 2.05) is 6.20 Å². The fourth-order valence-corrected chi connectivity index (χ4v) is 8.96. The standard InChI is InChI=1S/C52H31N3/c1-3-12-32(13-4-1)35-22-24-48-43(27-35)45-29-38(33-14-5-2-6-15-33)30-46-44-28-36(23-25-49(44)55(48)52(45)46)34-16-11-17-37(26-34)47-31-53-50-41-20-9-7-18-39(41)40-19-8-10-21-42(40)51(50)54-47/h1-31H. The van der Waals surface area contributed by atoms with Crippen LogP contribution in [0.1, 0.15) is 0 Å². The Balaban J connectivity index is 1.04. The van der Waals surface area contributed by atoms with E-state index in [4.69, 9.17) is 9.97 Å². The molecule has 3 aromatic heterocycles. The summed E-state index contributed by atoms with van der Waals surface area (Å²) in [7, 11) is 0. The number of hydrogen-bond donors (Lipinski definition) is 0. The number of rotatable bonds is 4. The van der Waals surface area contributed by atoms with Gasteiger partial charge in [-0.3, -0.25) is 4.98 Å². The van der Waals surface area contributed by atoms with Crippen molar-refractivity contribution >= 4 is 70.7 Å². The highest BCUT2D eigenvalue weighted by molar-refractivity contribution is 6.25. The summed E-state index contributed by atoms with van der Waals surface area (Å²) in [6, 6.07) is 65.8.